The van der Waals surface area contributed by atoms with Crippen LogP contribution in [-0.4, -0.2) is 20.8 Å². The number of rotatable bonds is 6. The van der Waals surface area contributed by atoms with Crippen molar-refractivity contribution in [1.29, 1.82) is 0 Å². The average Bonchev–Trinajstić information content (AvgIpc) is 3.05. The summed E-state index contributed by atoms with van der Waals surface area (Å²) in [5.74, 6) is 0.650. The van der Waals surface area contributed by atoms with Crippen molar-refractivity contribution in [2.24, 2.45) is 5.92 Å². The molecule has 0 saturated carbocycles. The first-order chi connectivity index (χ1) is 12.4. The number of hydrogen-bond donors (Lipinski definition) is 2. The lowest BCUT2D eigenvalue weighted by atomic mass is 10.0. The van der Waals surface area contributed by atoms with Gasteiger partial charge >= 0.3 is 0 Å². The van der Waals surface area contributed by atoms with Crippen molar-refractivity contribution in [2.45, 2.75) is 26.3 Å². The van der Waals surface area contributed by atoms with Crippen molar-refractivity contribution in [3.8, 4) is 0 Å². The number of carbonyl (C=O) groups excluding carboxylic acids is 1. The molecule has 0 aliphatic heterocycles. The summed E-state index contributed by atoms with van der Waals surface area (Å²) in [4.78, 5) is 30.9. The fourth-order valence-electron chi connectivity index (χ4n) is 2.85. The lowest BCUT2D eigenvalue weighted by Gasteiger charge is -2.18. The number of fused-ring (bicyclic) bond motifs is 1. The van der Waals surface area contributed by atoms with Crippen molar-refractivity contribution >= 4 is 22.6 Å². The molecule has 1 unspecified atom stereocenters. The van der Waals surface area contributed by atoms with Crippen LogP contribution in [0, 0.1) is 16.0 Å². The van der Waals surface area contributed by atoms with Gasteiger partial charge in [-0.15, -0.1) is 0 Å². The molecule has 1 heterocycles. The molecule has 0 spiro atoms. The first-order valence-corrected chi connectivity index (χ1v) is 8.44. The molecule has 7 heteroatoms. The fraction of sp³-hybridized carbons (Fsp3) is 0.263. The van der Waals surface area contributed by atoms with E-state index in [2.05, 4.69) is 29.1 Å². The number of H-pyrrole nitrogens is 1. The molecule has 2 N–H and O–H groups in total. The fourth-order valence-corrected chi connectivity index (χ4v) is 2.85. The van der Waals surface area contributed by atoms with Crippen LogP contribution in [0.25, 0.3) is 11.0 Å². The number of aromatic amines is 1. The maximum absolute atomic E-state index is 12.6. The van der Waals surface area contributed by atoms with E-state index in [-0.39, 0.29) is 23.2 Å². The van der Waals surface area contributed by atoms with Crippen molar-refractivity contribution < 1.29 is 9.72 Å². The van der Waals surface area contributed by atoms with E-state index in [4.69, 9.17) is 0 Å². The van der Waals surface area contributed by atoms with Gasteiger partial charge in [-0.05, 0) is 30.5 Å². The predicted molar refractivity (Wildman–Crippen MR) is 98.9 cm³/mol. The maximum atomic E-state index is 12.6. The van der Waals surface area contributed by atoms with E-state index in [9.17, 15) is 14.9 Å². The molecular formula is C19H20N4O3. The molecule has 0 fully saturated rings. The molecule has 0 aliphatic rings. The van der Waals surface area contributed by atoms with Gasteiger partial charge in [0.2, 0.25) is 0 Å². The Morgan fingerprint density at radius 2 is 2.00 bits per heavy atom. The minimum Gasteiger partial charge on any atom is -0.342 e. The Morgan fingerprint density at radius 3 is 2.69 bits per heavy atom. The Labute approximate surface area is 150 Å². The zero-order chi connectivity index (χ0) is 18.7. The molecule has 3 aromatic rings. The van der Waals surface area contributed by atoms with Gasteiger partial charge in [-0.3, -0.25) is 14.9 Å². The van der Waals surface area contributed by atoms with Gasteiger partial charge in [-0.2, -0.15) is 0 Å². The molecule has 1 aromatic heterocycles. The van der Waals surface area contributed by atoms with Gasteiger partial charge in [-0.25, -0.2) is 4.98 Å². The molecule has 7 nitrogen and oxygen atoms in total. The van der Waals surface area contributed by atoms with E-state index >= 15 is 0 Å². The second-order valence-corrected chi connectivity index (χ2v) is 6.60. The van der Waals surface area contributed by atoms with E-state index in [1.807, 2.05) is 24.3 Å². The SMILES string of the molecule is CC(C)CC(NC(=O)c1cccc([N+](=O)[O-])c1)c1nc2ccccc2[nH]1. The van der Waals surface area contributed by atoms with Crippen LogP contribution in [0.4, 0.5) is 5.69 Å². The topological polar surface area (TPSA) is 101 Å². The number of para-hydroxylation sites is 2. The second kappa shape index (κ2) is 7.35. The molecule has 26 heavy (non-hydrogen) atoms. The van der Waals surface area contributed by atoms with Crippen molar-refractivity contribution in [3.63, 3.8) is 0 Å². The van der Waals surface area contributed by atoms with Crippen molar-refractivity contribution in [1.82, 2.24) is 15.3 Å². The molecule has 0 saturated heterocycles. The molecule has 1 atom stereocenters. The number of benzene rings is 2. The summed E-state index contributed by atoms with van der Waals surface area (Å²) >= 11 is 0. The Morgan fingerprint density at radius 1 is 1.23 bits per heavy atom. The van der Waals surface area contributed by atoms with Gasteiger partial charge in [0, 0.05) is 17.7 Å². The zero-order valence-electron chi connectivity index (χ0n) is 14.6. The van der Waals surface area contributed by atoms with E-state index in [0.717, 1.165) is 11.0 Å². The number of nitrogens with one attached hydrogen (secondary N) is 2. The van der Waals surface area contributed by atoms with Crippen molar-refractivity contribution in [3.05, 3.63) is 70.0 Å². The van der Waals surface area contributed by atoms with Crippen LogP contribution >= 0.6 is 0 Å². The van der Waals surface area contributed by atoms with E-state index in [1.165, 1.54) is 18.2 Å². The summed E-state index contributed by atoms with van der Waals surface area (Å²) in [5.41, 5.74) is 1.88. The molecular weight excluding hydrogens is 332 g/mol. The number of nitrogens with zero attached hydrogens (tertiary/aromatic N) is 2. The molecule has 0 radical (unpaired) electrons. The summed E-state index contributed by atoms with van der Waals surface area (Å²) in [6, 6.07) is 13.1. The van der Waals surface area contributed by atoms with E-state index in [1.54, 1.807) is 6.07 Å². The van der Waals surface area contributed by atoms with Gasteiger partial charge in [0.1, 0.15) is 5.82 Å². The summed E-state index contributed by atoms with van der Waals surface area (Å²) in [7, 11) is 0. The van der Waals surface area contributed by atoms with Crippen LogP contribution in [0.3, 0.4) is 0 Å². The summed E-state index contributed by atoms with van der Waals surface area (Å²) in [5, 5.41) is 13.9. The number of carbonyl (C=O) groups is 1. The van der Waals surface area contributed by atoms with Crippen molar-refractivity contribution in [2.75, 3.05) is 0 Å². The number of imidazole rings is 1. The Kier molecular flexibility index (Phi) is 4.97. The third-order valence-electron chi connectivity index (χ3n) is 4.07. The van der Waals surface area contributed by atoms with E-state index in [0.29, 0.717) is 18.2 Å². The highest BCUT2D eigenvalue weighted by atomic mass is 16.6. The van der Waals surface area contributed by atoms with Crippen LogP contribution in [0.15, 0.2) is 48.5 Å². The van der Waals surface area contributed by atoms with Crippen LogP contribution in [0.5, 0.6) is 0 Å². The van der Waals surface area contributed by atoms with Gasteiger partial charge in [0.05, 0.1) is 22.0 Å². The van der Waals surface area contributed by atoms with Gasteiger partial charge in [0.15, 0.2) is 0 Å². The molecule has 2 aromatic carbocycles. The highest BCUT2D eigenvalue weighted by Gasteiger charge is 2.21. The molecule has 0 bridgehead atoms. The van der Waals surface area contributed by atoms with Gasteiger partial charge in [-0.1, -0.05) is 32.0 Å². The minimum absolute atomic E-state index is 0.109. The Bertz CT molecular complexity index is 916. The maximum Gasteiger partial charge on any atom is 0.270 e. The quantitative estimate of drug-likeness (QED) is 0.517. The first-order valence-electron chi connectivity index (χ1n) is 8.44. The largest absolute Gasteiger partial charge is 0.342 e. The Hall–Kier alpha value is -3.22. The van der Waals surface area contributed by atoms with Crippen LogP contribution in [0.2, 0.25) is 0 Å². The smallest absolute Gasteiger partial charge is 0.270 e. The number of nitro groups is 1. The van der Waals surface area contributed by atoms with Gasteiger partial charge in [0.25, 0.3) is 11.6 Å². The van der Waals surface area contributed by atoms with Gasteiger partial charge < -0.3 is 10.3 Å². The third-order valence-corrected chi connectivity index (χ3v) is 4.07. The highest BCUT2D eigenvalue weighted by Crippen LogP contribution is 2.23. The lowest BCUT2D eigenvalue weighted by Crippen LogP contribution is -2.30. The minimum atomic E-state index is -0.512. The second-order valence-electron chi connectivity index (χ2n) is 6.60. The number of hydrogen-bond acceptors (Lipinski definition) is 4. The molecule has 0 aliphatic carbocycles. The number of non-ortho nitro benzene ring substituents is 1. The van der Waals surface area contributed by atoms with E-state index < -0.39 is 4.92 Å². The number of amides is 1. The zero-order valence-corrected chi connectivity index (χ0v) is 14.6. The predicted octanol–water partition coefficient (Wildman–Crippen LogP) is 3.99. The standard InChI is InChI=1S/C19H20N4O3/c1-12(2)10-17(18-20-15-8-3-4-9-16(15)21-18)22-19(24)13-6-5-7-14(11-13)23(25)26/h3-9,11-12,17H,10H2,1-2H3,(H,20,21)(H,22,24). The van der Waals surface area contributed by atoms with Crippen LogP contribution in [0.1, 0.15) is 42.5 Å². The summed E-state index contributed by atoms with van der Waals surface area (Å²) < 4.78 is 0. The summed E-state index contributed by atoms with van der Waals surface area (Å²) in [6.45, 7) is 4.13. The molecule has 134 valence electrons. The average molecular weight is 352 g/mol. The Balaban J connectivity index is 1.87. The number of aromatic nitrogens is 2. The first kappa shape index (κ1) is 17.6. The number of nitro benzene ring substituents is 1. The molecule has 1 amide bonds. The lowest BCUT2D eigenvalue weighted by molar-refractivity contribution is -0.384. The summed E-state index contributed by atoms with van der Waals surface area (Å²) in [6.07, 6.45) is 0.695. The third kappa shape index (κ3) is 3.88. The molecule has 3 rings (SSSR count). The normalized spacial score (nSPS) is 12.3. The van der Waals surface area contributed by atoms with Crippen LogP contribution in [-0.2, 0) is 0 Å². The highest BCUT2D eigenvalue weighted by molar-refractivity contribution is 5.95. The van der Waals surface area contributed by atoms with Crippen LogP contribution < -0.4 is 5.32 Å². The monoisotopic (exact) mass is 352 g/mol.